The van der Waals surface area contributed by atoms with Crippen molar-refractivity contribution in [2.24, 2.45) is 5.73 Å². The molecule has 0 spiro atoms. The van der Waals surface area contributed by atoms with Crippen LogP contribution in [-0.4, -0.2) is 6.04 Å². The van der Waals surface area contributed by atoms with E-state index in [1.807, 2.05) is 0 Å². The van der Waals surface area contributed by atoms with Crippen molar-refractivity contribution in [3.05, 3.63) is 35.1 Å². The highest BCUT2D eigenvalue weighted by molar-refractivity contribution is 5.32. The molecule has 2 N–H and O–H groups in total. The Morgan fingerprint density at radius 3 is 2.24 bits per heavy atom. The zero-order chi connectivity index (χ0) is 12.8. The minimum atomic E-state index is -4.76. The standard InChI is InChI=1S/C11H10F5N/c12-9-3-6(10(13)4-7(17)5-10)1-2-8(9)11(14,15)16/h1-3,7H,4-5,17H2. The predicted molar refractivity (Wildman–Crippen MR) is 51.4 cm³/mol. The third-order valence-electron chi connectivity index (χ3n) is 2.96. The highest BCUT2D eigenvalue weighted by Gasteiger charge is 2.45. The minimum Gasteiger partial charge on any atom is -0.327 e. The molecular formula is C11H10F5N. The Morgan fingerprint density at radius 1 is 1.24 bits per heavy atom. The molecule has 1 aromatic carbocycles. The van der Waals surface area contributed by atoms with Crippen LogP contribution >= 0.6 is 0 Å². The second-order valence-electron chi connectivity index (χ2n) is 4.33. The van der Waals surface area contributed by atoms with E-state index >= 15 is 0 Å². The van der Waals surface area contributed by atoms with Gasteiger partial charge in [-0.1, -0.05) is 6.07 Å². The summed E-state index contributed by atoms with van der Waals surface area (Å²) in [6.07, 6.45) is -4.74. The second kappa shape index (κ2) is 3.66. The number of rotatable bonds is 1. The minimum absolute atomic E-state index is 0.0117. The number of halogens is 5. The van der Waals surface area contributed by atoms with Gasteiger partial charge in [0.15, 0.2) is 0 Å². The normalized spacial score (nSPS) is 28.9. The molecule has 2 rings (SSSR count). The van der Waals surface area contributed by atoms with Crippen molar-refractivity contribution in [1.29, 1.82) is 0 Å². The summed E-state index contributed by atoms with van der Waals surface area (Å²) in [5.74, 6) is -1.45. The van der Waals surface area contributed by atoms with E-state index in [-0.39, 0.29) is 24.4 Å². The monoisotopic (exact) mass is 251 g/mol. The molecule has 1 aromatic rings. The molecule has 1 fully saturated rings. The van der Waals surface area contributed by atoms with E-state index in [1.54, 1.807) is 0 Å². The Hall–Kier alpha value is -1.17. The molecule has 6 heteroatoms. The third kappa shape index (κ3) is 2.13. The second-order valence-corrected chi connectivity index (χ2v) is 4.33. The molecule has 0 aliphatic heterocycles. The van der Waals surface area contributed by atoms with Gasteiger partial charge in [-0.05, 0) is 17.7 Å². The molecule has 0 aromatic heterocycles. The van der Waals surface area contributed by atoms with E-state index in [0.717, 1.165) is 6.07 Å². The average molecular weight is 251 g/mol. The summed E-state index contributed by atoms with van der Waals surface area (Å²) in [4.78, 5) is 0. The lowest BCUT2D eigenvalue weighted by Crippen LogP contribution is -2.46. The molecule has 0 unspecified atom stereocenters. The molecule has 0 bridgehead atoms. The third-order valence-corrected chi connectivity index (χ3v) is 2.96. The van der Waals surface area contributed by atoms with Gasteiger partial charge in [-0.25, -0.2) is 8.78 Å². The maximum atomic E-state index is 14.0. The van der Waals surface area contributed by atoms with Crippen LogP contribution in [0.4, 0.5) is 22.0 Å². The molecule has 1 nitrogen and oxygen atoms in total. The smallest absolute Gasteiger partial charge is 0.327 e. The van der Waals surface area contributed by atoms with E-state index in [1.165, 1.54) is 0 Å². The first-order valence-corrected chi connectivity index (χ1v) is 5.04. The van der Waals surface area contributed by atoms with Crippen molar-refractivity contribution in [3.63, 3.8) is 0 Å². The van der Waals surface area contributed by atoms with Crippen molar-refractivity contribution < 1.29 is 22.0 Å². The maximum absolute atomic E-state index is 14.0. The lowest BCUT2D eigenvalue weighted by molar-refractivity contribution is -0.140. The summed E-state index contributed by atoms with van der Waals surface area (Å²) in [5.41, 5.74) is 2.17. The first-order valence-electron chi connectivity index (χ1n) is 5.04. The molecule has 0 radical (unpaired) electrons. The Morgan fingerprint density at radius 2 is 1.82 bits per heavy atom. The summed E-state index contributed by atoms with van der Waals surface area (Å²) in [6, 6.07) is 1.83. The summed E-state index contributed by atoms with van der Waals surface area (Å²) >= 11 is 0. The topological polar surface area (TPSA) is 26.0 Å². The molecular weight excluding hydrogens is 241 g/mol. The molecule has 0 saturated heterocycles. The Kier molecular flexibility index (Phi) is 2.65. The van der Waals surface area contributed by atoms with Crippen LogP contribution in [-0.2, 0) is 11.8 Å². The quantitative estimate of drug-likeness (QED) is 0.762. The summed E-state index contributed by atoms with van der Waals surface area (Å²) < 4.78 is 64.0. The number of hydrogen-bond acceptors (Lipinski definition) is 1. The highest BCUT2D eigenvalue weighted by atomic mass is 19.4. The average Bonchev–Trinajstić information content (AvgIpc) is 2.13. The molecule has 1 aliphatic rings. The summed E-state index contributed by atoms with van der Waals surface area (Å²) in [6.45, 7) is 0. The largest absolute Gasteiger partial charge is 0.419 e. The van der Waals surface area contributed by atoms with Crippen molar-refractivity contribution in [2.45, 2.75) is 30.7 Å². The van der Waals surface area contributed by atoms with Gasteiger partial charge >= 0.3 is 6.18 Å². The van der Waals surface area contributed by atoms with Crippen molar-refractivity contribution in [2.75, 3.05) is 0 Å². The van der Waals surface area contributed by atoms with E-state index in [2.05, 4.69) is 0 Å². The summed E-state index contributed by atoms with van der Waals surface area (Å²) in [5, 5.41) is 0. The van der Waals surface area contributed by atoms with E-state index < -0.39 is 23.2 Å². The van der Waals surface area contributed by atoms with Crippen LogP contribution in [0.2, 0.25) is 0 Å². The van der Waals surface area contributed by atoms with Gasteiger partial charge < -0.3 is 5.73 Å². The van der Waals surface area contributed by atoms with Gasteiger partial charge in [0, 0.05) is 18.9 Å². The van der Waals surface area contributed by atoms with Crippen LogP contribution in [0.1, 0.15) is 24.0 Å². The number of alkyl halides is 4. The molecule has 0 atom stereocenters. The first kappa shape index (κ1) is 12.3. The fourth-order valence-electron chi connectivity index (χ4n) is 2.03. The number of hydrogen-bond donors (Lipinski definition) is 1. The lowest BCUT2D eigenvalue weighted by atomic mass is 9.73. The van der Waals surface area contributed by atoms with E-state index in [0.29, 0.717) is 12.1 Å². The van der Waals surface area contributed by atoms with Gasteiger partial charge in [-0.3, -0.25) is 0 Å². The van der Waals surface area contributed by atoms with Crippen molar-refractivity contribution in [1.82, 2.24) is 0 Å². The van der Waals surface area contributed by atoms with Gasteiger partial charge in [0.25, 0.3) is 0 Å². The van der Waals surface area contributed by atoms with Crippen LogP contribution in [0.3, 0.4) is 0 Å². The van der Waals surface area contributed by atoms with Crippen molar-refractivity contribution >= 4 is 0 Å². The molecule has 1 saturated carbocycles. The zero-order valence-electron chi connectivity index (χ0n) is 8.69. The van der Waals surface area contributed by atoms with Crippen LogP contribution in [0.15, 0.2) is 18.2 Å². The van der Waals surface area contributed by atoms with Crippen LogP contribution < -0.4 is 5.73 Å². The molecule has 0 amide bonds. The van der Waals surface area contributed by atoms with Gasteiger partial charge in [-0.15, -0.1) is 0 Å². The van der Waals surface area contributed by atoms with Crippen molar-refractivity contribution in [3.8, 4) is 0 Å². The first-order chi connectivity index (χ1) is 7.72. The SMILES string of the molecule is NC1CC(F)(c2ccc(C(F)(F)F)c(F)c2)C1. The lowest BCUT2D eigenvalue weighted by Gasteiger charge is -2.39. The fraction of sp³-hybridized carbons (Fsp3) is 0.455. The van der Waals surface area contributed by atoms with Gasteiger partial charge in [0.1, 0.15) is 11.5 Å². The van der Waals surface area contributed by atoms with Gasteiger partial charge in [0.2, 0.25) is 0 Å². The van der Waals surface area contributed by atoms with Gasteiger partial charge in [0.05, 0.1) is 5.56 Å². The maximum Gasteiger partial charge on any atom is 0.419 e. The van der Waals surface area contributed by atoms with Crippen LogP contribution in [0.25, 0.3) is 0 Å². The Balaban J connectivity index is 2.32. The molecule has 94 valence electrons. The highest BCUT2D eigenvalue weighted by Crippen LogP contribution is 2.45. The Labute approximate surface area is 94.4 Å². The Bertz CT molecular complexity index is 434. The summed E-state index contributed by atoms with van der Waals surface area (Å²) in [7, 11) is 0. The van der Waals surface area contributed by atoms with E-state index in [9.17, 15) is 22.0 Å². The number of benzene rings is 1. The molecule has 17 heavy (non-hydrogen) atoms. The zero-order valence-corrected chi connectivity index (χ0v) is 8.69. The predicted octanol–water partition coefficient (Wildman–Crippen LogP) is 3.13. The van der Waals surface area contributed by atoms with Crippen LogP contribution in [0.5, 0.6) is 0 Å². The van der Waals surface area contributed by atoms with E-state index in [4.69, 9.17) is 5.73 Å². The number of nitrogens with two attached hydrogens (primary N) is 1. The van der Waals surface area contributed by atoms with Gasteiger partial charge in [-0.2, -0.15) is 13.2 Å². The molecule has 0 heterocycles. The van der Waals surface area contributed by atoms with Crippen LogP contribution in [0, 0.1) is 5.82 Å². The fourth-order valence-corrected chi connectivity index (χ4v) is 2.03. The molecule has 1 aliphatic carbocycles.